The van der Waals surface area contributed by atoms with Crippen molar-refractivity contribution in [2.45, 2.75) is 32.7 Å². The topological polar surface area (TPSA) is 46.2 Å². The highest BCUT2D eigenvalue weighted by Gasteiger charge is 2.14. The fourth-order valence-corrected chi connectivity index (χ4v) is 1.58. The SMILES string of the molecule is CCOC(C)C(NC)NCc1ccccn1. The molecule has 1 aromatic rings. The summed E-state index contributed by atoms with van der Waals surface area (Å²) in [5, 5.41) is 6.56. The Balaban J connectivity index is 2.39. The minimum Gasteiger partial charge on any atom is -0.376 e. The van der Waals surface area contributed by atoms with E-state index in [9.17, 15) is 0 Å². The predicted octanol–water partition coefficient (Wildman–Crippen LogP) is 1.14. The molecule has 2 unspecified atom stereocenters. The summed E-state index contributed by atoms with van der Waals surface area (Å²) in [4.78, 5) is 4.26. The van der Waals surface area contributed by atoms with Gasteiger partial charge in [0.05, 0.1) is 18.0 Å². The highest BCUT2D eigenvalue weighted by atomic mass is 16.5. The monoisotopic (exact) mass is 223 g/mol. The van der Waals surface area contributed by atoms with Crippen molar-refractivity contribution in [2.24, 2.45) is 0 Å². The molecule has 0 aromatic carbocycles. The number of likely N-dealkylation sites (N-methyl/N-ethyl adjacent to an activating group) is 1. The average molecular weight is 223 g/mol. The van der Waals surface area contributed by atoms with Crippen molar-refractivity contribution in [3.8, 4) is 0 Å². The van der Waals surface area contributed by atoms with Crippen molar-refractivity contribution in [1.29, 1.82) is 0 Å². The summed E-state index contributed by atoms with van der Waals surface area (Å²) in [5.74, 6) is 0. The van der Waals surface area contributed by atoms with Crippen molar-refractivity contribution in [1.82, 2.24) is 15.6 Å². The first-order valence-corrected chi connectivity index (χ1v) is 5.70. The van der Waals surface area contributed by atoms with Crippen LogP contribution >= 0.6 is 0 Å². The van der Waals surface area contributed by atoms with Crippen molar-refractivity contribution >= 4 is 0 Å². The largest absolute Gasteiger partial charge is 0.376 e. The Morgan fingerprint density at radius 1 is 1.44 bits per heavy atom. The number of nitrogens with zero attached hydrogens (tertiary/aromatic N) is 1. The quantitative estimate of drug-likeness (QED) is 0.681. The molecule has 4 heteroatoms. The summed E-state index contributed by atoms with van der Waals surface area (Å²) in [7, 11) is 1.92. The Morgan fingerprint density at radius 3 is 2.81 bits per heavy atom. The molecule has 0 radical (unpaired) electrons. The molecule has 90 valence electrons. The van der Waals surface area contributed by atoms with E-state index in [2.05, 4.69) is 22.5 Å². The van der Waals surface area contributed by atoms with Crippen LogP contribution in [-0.2, 0) is 11.3 Å². The van der Waals surface area contributed by atoms with Crippen LogP contribution in [0.4, 0.5) is 0 Å². The number of ether oxygens (including phenoxy) is 1. The van der Waals surface area contributed by atoms with Crippen molar-refractivity contribution in [3.05, 3.63) is 30.1 Å². The first kappa shape index (κ1) is 13.1. The molecule has 0 aliphatic rings. The number of aromatic nitrogens is 1. The summed E-state index contributed by atoms with van der Waals surface area (Å²) in [5.41, 5.74) is 1.03. The first-order chi connectivity index (χ1) is 7.77. The first-order valence-electron chi connectivity index (χ1n) is 5.70. The molecular formula is C12H21N3O. The smallest absolute Gasteiger partial charge is 0.0840 e. The number of pyridine rings is 1. The Labute approximate surface area is 97.4 Å². The third-order valence-electron chi connectivity index (χ3n) is 2.44. The minimum atomic E-state index is 0.138. The van der Waals surface area contributed by atoms with E-state index < -0.39 is 0 Å². The van der Waals surface area contributed by atoms with Crippen LogP contribution in [0.5, 0.6) is 0 Å². The molecule has 1 aromatic heterocycles. The van der Waals surface area contributed by atoms with Crippen molar-refractivity contribution in [2.75, 3.05) is 13.7 Å². The van der Waals surface area contributed by atoms with Gasteiger partial charge in [0.25, 0.3) is 0 Å². The van der Waals surface area contributed by atoms with Gasteiger partial charge in [-0.1, -0.05) is 6.07 Å². The van der Waals surface area contributed by atoms with Crippen LogP contribution in [0.2, 0.25) is 0 Å². The zero-order valence-electron chi connectivity index (χ0n) is 10.2. The molecule has 1 rings (SSSR count). The molecule has 4 nitrogen and oxygen atoms in total. The summed E-state index contributed by atoms with van der Waals surface area (Å²) >= 11 is 0. The zero-order valence-corrected chi connectivity index (χ0v) is 10.2. The van der Waals surface area contributed by atoms with Gasteiger partial charge in [-0.2, -0.15) is 0 Å². The van der Waals surface area contributed by atoms with Gasteiger partial charge in [0, 0.05) is 19.3 Å². The normalized spacial score (nSPS) is 14.7. The molecule has 0 saturated carbocycles. The average Bonchev–Trinajstić information content (AvgIpc) is 2.31. The third-order valence-corrected chi connectivity index (χ3v) is 2.44. The van der Waals surface area contributed by atoms with Gasteiger partial charge in [-0.3, -0.25) is 10.3 Å². The Bertz CT molecular complexity index is 279. The molecular weight excluding hydrogens is 202 g/mol. The van der Waals surface area contributed by atoms with E-state index in [-0.39, 0.29) is 12.3 Å². The van der Waals surface area contributed by atoms with Gasteiger partial charge in [0.15, 0.2) is 0 Å². The fraction of sp³-hybridized carbons (Fsp3) is 0.583. The fourth-order valence-electron chi connectivity index (χ4n) is 1.58. The maximum Gasteiger partial charge on any atom is 0.0840 e. The van der Waals surface area contributed by atoms with Gasteiger partial charge in [-0.05, 0) is 33.0 Å². The van der Waals surface area contributed by atoms with E-state index in [1.165, 1.54) is 0 Å². The summed E-state index contributed by atoms with van der Waals surface area (Å²) in [6.45, 7) is 5.52. The zero-order chi connectivity index (χ0) is 11.8. The third kappa shape index (κ3) is 4.26. The van der Waals surface area contributed by atoms with Crippen LogP contribution < -0.4 is 10.6 Å². The van der Waals surface area contributed by atoms with Gasteiger partial charge >= 0.3 is 0 Å². The molecule has 1 heterocycles. The lowest BCUT2D eigenvalue weighted by molar-refractivity contribution is 0.0395. The molecule has 0 aliphatic carbocycles. The van der Waals surface area contributed by atoms with Crippen LogP contribution in [0.25, 0.3) is 0 Å². The van der Waals surface area contributed by atoms with Crippen LogP contribution in [0.3, 0.4) is 0 Å². The Morgan fingerprint density at radius 2 is 2.25 bits per heavy atom. The maximum absolute atomic E-state index is 5.54. The molecule has 2 N–H and O–H groups in total. The minimum absolute atomic E-state index is 0.138. The Hall–Kier alpha value is -0.970. The number of hydrogen-bond acceptors (Lipinski definition) is 4. The van der Waals surface area contributed by atoms with Gasteiger partial charge in [-0.25, -0.2) is 0 Å². The molecule has 16 heavy (non-hydrogen) atoms. The molecule has 0 saturated heterocycles. The van der Waals surface area contributed by atoms with E-state index >= 15 is 0 Å². The number of nitrogens with one attached hydrogen (secondary N) is 2. The predicted molar refractivity (Wildman–Crippen MR) is 65.0 cm³/mol. The second-order valence-corrected chi connectivity index (χ2v) is 3.63. The summed E-state index contributed by atoms with van der Waals surface area (Å²) in [6.07, 6.45) is 2.08. The van der Waals surface area contributed by atoms with Crippen LogP contribution in [-0.4, -0.2) is 30.9 Å². The van der Waals surface area contributed by atoms with Gasteiger partial charge in [0.1, 0.15) is 0 Å². The molecule has 0 bridgehead atoms. The van der Waals surface area contributed by atoms with E-state index in [0.717, 1.165) is 18.8 Å². The lowest BCUT2D eigenvalue weighted by atomic mass is 10.3. The molecule has 2 atom stereocenters. The van der Waals surface area contributed by atoms with E-state index in [0.29, 0.717) is 0 Å². The lowest BCUT2D eigenvalue weighted by Crippen LogP contribution is -2.48. The molecule has 0 spiro atoms. The number of rotatable bonds is 7. The number of hydrogen-bond donors (Lipinski definition) is 2. The van der Waals surface area contributed by atoms with Crippen molar-refractivity contribution in [3.63, 3.8) is 0 Å². The molecule has 0 amide bonds. The van der Waals surface area contributed by atoms with Gasteiger partial charge in [0.2, 0.25) is 0 Å². The van der Waals surface area contributed by atoms with Gasteiger partial charge < -0.3 is 10.1 Å². The highest BCUT2D eigenvalue weighted by Crippen LogP contribution is 1.98. The maximum atomic E-state index is 5.54. The van der Waals surface area contributed by atoms with Crippen LogP contribution in [0, 0.1) is 0 Å². The highest BCUT2D eigenvalue weighted by molar-refractivity contribution is 5.03. The van der Waals surface area contributed by atoms with E-state index in [1.807, 2.05) is 32.2 Å². The summed E-state index contributed by atoms with van der Waals surface area (Å²) < 4.78 is 5.54. The second kappa shape index (κ2) is 7.33. The second-order valence-electron chi connectivity index (χ2n) is 3.63. The van der Waals surface area contributed by atoms with Crippen LogP contribution in [0.15, 0.2) is 24.4 Å². The Kier molecular flexibility index (Phi) is 6.00. The lowest BCUT2D eigenvalue weighted by Gasteiger charge is -2.24. The van der Waals surface area contributed by atoms with Crippen LogP contribution in [0.1, 0.15) is 19.5 Å². The van der Waals surface area contributed by atoms with Gasteiger partial charge in [-0.15, -0.1) is 0 Å². The molecule has 0 fully saturated rings. The van der Waals surface area contributed by atoms with Crippen molar-refractivity contribution < 1.29 is 4.74 Å². The molecule has 0 aliphatic heterocycles. The summed E-state index contributed by atoms with van der Waals surface area (Å²) in [6, 6.07) is 5.91. The van der Waals surface area contributed by atoms with E-state index in [4.69, 9.17) is 4.74 Å². The van der Waals surface area contributed by atoms with E-state index in [1.54, 1.807) is 6.20 Å². The standard InChI is InChI=1S/C12H21N3O/c1-4-16-10(2)12(13-3)15-9-11-7-5-6-8-14-11/h5-8,10,12-13,15H,4,9H2,1-3H3.